The Balaban J connectivity index is 2.00. The maximum Gasteiger partial charge on any atom is 0.573 e. The van der Waals surface area contributed by atoms with Gasteiger partial charge in [-0.15, -0.1) is 13.2 Å². The first-order chi connectivity index (χ1) is 14.8. The Morgan fingerprint density at radius 2 is 1.88 bits per heavy atom. The number of halogens is 4. The molecular formula is C18H17ClF3N3O6S. The Hall–Kier alpha value is -3.03. The zero-order valence-corrected chi connectivity index (χ0v) is 17.9. The van der Waals surface area contributed by atoms with Crippen molar-refractivity contribution < 1.29 is 40.7 Å². The van der Waals surface area contributed by atoms with E-state index in [4.69, 9.17) is 17.3 Å². The second kappa shape index (κ2) is 10.1. The van der Waals surface area contributed by atoms with Crippen molar-refractivity contribution in [3.63, 3.8) is 0 Å². The van der Waals surface area contributed by atoms with Gasteiger partial charge in [-0.2, -0.15) is 0 Å². The molecule has 0 aliphatic rings. The average Bonchev–Trinajstić information content (AvgIpc) is 2.67. The minimum absolute atomic E-state index is 0.0340. The summed E-state index contributed by atoms with van der Waals surface area (Å²) >= 11 is 5.78. The van der Waals surface area contributed by atoms with Crippen LogP contribution in [0.3, 0.4) is 0 Å². The molecule has 0 unspecified atom stereocenters. The number of esters is 1. The van der Waals surface area contributed by atoms with Gasteiger partial charge in [0.2, 0.25) is 5.91 Å². The molecular weight excluding hydrogens is 479 g/mol. The highest BCUT2D eigenvalue weighted by Crippen LogP contribution is 2.30. The van der Waals surface area contributed by atoms with E-state index in [-0.39, 0.29) is 16.9 Å². The smallest absolute Gasteiger partial charge is 0.465 e. The van der Waals surface area contributed by atoms with Crippen LogP contribution in [0.25, 0.3) is 0 Å². The number of nitrogens with two attached hydrogens (primary N) is 1. The lowest BCUT2D eigenvalue weighted by molar-refractivity contribution is -0.274. The van der Waals surface area contributed by atoms with Gasteiger partial charge in [0.1, 0.15) is 11.6 Å². The van der Waals surface area contributed by atoms with Crippen molar-refractivity contribution in [2.45, 2.75) is 11.3 Å². The number of anilines is 2. The van der Waals surface area contributed by atoms with Crippen molar-refractivity contribution in [3.05, 3.63) is 47.0 Å². The van der Waals surface area contributed by atoms with E-state index in [1.807, 2.05) is 0 Å². The van der Waals surface area contributed by atoms with Gasteiger partial charge in [-0.05, 0) is 24.3 Å². The number of hydrogen-bond acceptors (Lipinski definition) is 8. The molecule has 174 valence electrons. The molecule has 0 radical (unpaired) electrons. The lowest BCUT2D eigenvalue weighted by Gasteiger charge is -2.13. The maximum atomic E-state index is 12.4. The lowest BCUT2D eigenvalue weighted by atomic mass is 10.1. The van der Waals surface area contributed by atoms with Crippen molar-refractivity contribution in [3.8, 4) is 5.75 Å². The summed E-state index contributed by atoms with van der Waals surface area (Å²) in [5.74, 6) is -2.79. The van der Waals surface area contributed by atoms with Gasteiger partial charge in [-0.25, -0.2) is 13.2 Å². The summed E-state index contributed by atoms with van der Waals surface area (Å²) in [6, 6.07) is 6.67. The fourth-order valence-corrected chi connectivity index (χ4v) is 4.15. The third-order valence-electron chi connectivity index (χ3n) is 3.84. The standard InChI is InChI=1S/C18H17ClF3N3O6S/c1-30-17(27)11-3-2-4-13(16(11)23)25-15(26)8-24-9-32(28,29)14-6-5-10(7-12(14)19)31-18(20,21)22/h2-7,24H,8-9,23H2,1H3,(H,25,26). The van der Waals surface area contributed by atoms with Crippen LogP contribution in [0.5, 0.6) is 5.75 Å². The van der Waals surface area contributed by atoms with Gasteiger partial charge >= 0.3 is 12.3 Å². The Bertz CT molecular complexity index is 1130. The van der Waals surface area contributed by atoms with Gasteiger partial charge in [0.25, 0.3) is 0 Å². The number of alkyl halides is 3. The predicted molar refractivity (Wildman–Crippen MR) is 109 cm³/mol. The number of benzene rings is 2. The number of para-hydroxylation sites is 1. The van der Waals surface area contributed by atoms with E-state index in [0.29, 0.717) is 6.07 Å². The number of sulfone groups is 1. The molecule has 0 heterocycles. The van der Waals surface area contributed by atoms with Crippen LogP contribution < -0.4 is 21.1 Å². The SMILES string of the molecule is COC(=O)c1cccc(NC(=O)CNCS(=O)(=O)c2ccc(OC(F)(F)F)cc2Cl)c1N. The van der Waals surface area contributed by atoms with E-state index in [1.165, 1.54) is 25.3 Å². The molecule has 1 amide bonds. The number of methoxy groups -OCH3 is 1. The van der Waals surface area contributed by atoms with Gasteiger partial charge in [0.05, 0.1) is 40.5 Å². The normalized spacial score (nSPS) is 11.7. The van der Waals surface area contributed by atoms with E-state index in [0.717, 1.165) is 12.1 Å². The summed E-state index contributed by atoms with van der Waals surface area (Å²) in [6.07, 6.45) is -4.96. The predicted octanol–water partition coefficient (Wildman–Crippen LogP) is 2.57. The van der Waals surface area contributed by atoms with E-state index < -0.39 is 56.2 Å². The second-order valence-corrected chi connectivity index (χ2v) is 8.50. The Labute approximate surface area is 185 Å². The van der Waals surface area contributed by atoms with E-state index in [1.54, 1.807) is 0 Å². The van der Waals surface area contributed by atoms with Crippen LogP contribution >= 0.6 is 11.6 Å². The summed E-state index contributed by atoms with van der Waals surface area (Å²) in [7, 11) is -2.93. The largest absolute Gasteiger partial charge is 0.573 e. The quantitative estimate of drug-likeness (QED) is 0.375. The Morgan fingerprint density at radius 1 is 1.19 bits per heavy atom. The van der Waals surface area contributed by atoms with E-state index in [9.17, 15) is 31.2 Å². The fraction of sp³-hybridized carbons (Fsp3) is 0.222. The third-order valence-corrected chi connectivity index (χ3v) is 5.87. The van der Waals surface area contributed by atoms with Crippen LogP contribution in [-0.4, -0.2) is 46.2 Å². The highest BCUT2D eigenvalue weighted by Gasteiger charge is 2.31. The first-order valence-corrected chi connectivity index (χ1v) is 10.6. The van der Waals surface area contributed by atoms with Crippen molar-refractivity contribution >= 4 is 44.7 Å². The van der Waals surface area contributed by atoms with Gasteiger partial charge in [0.15, 0.2) is 9.84 Å². The lowest BCUT2D eigenvalue weighted by Crippen LogP contribution is -2.32. The number of carbonyl (C=O) groups is 2. The molecule has 0 saturated heterocycles. The van der Waals surface area contributed by atoms with Crippen molar-refractivity contribution in [1.29, 1.82) is 0 Å². The number of amides is 1. The molecule has 0 aliphatic heterocycles. The van der Waals surface area contributed by atoms with Crippen LogP contribution in [0.4, 0.5) is 24.5 Å². The Kier molecular flexibility index (Phi) is 7.93. The summed E-state index contributed by atoms with van der Waals surface area (Å²) in [4.78, 5) is 23.3. The van der Waals surface area contributed by atoms with Crippen LogP contribution in [0, 0.1) is 0 Å². The maximum absolute atomic E-state index is 12.4. The van der Waals surface area contributed by atoms with E-state index in [2.05, 4.69) is 20.1 Å². The summed E-state index contributed by atoms with van der Waals surface area (Å²) in [5, 5.41) is 4.33. The summed E-state index contributed by atoms with van der Waals surface area (Å²) < 4.78 is 69.8. The fourth-order valence-electron chi connectivity index (χ4n) is 2.46. The minimum Gasteiger partial charge on any atom is -0.465 e. The van der Waals surface area contributed by atoms with Crippen molar-refractivity contribution in [1.82, 2.24) is 5.32 Å². The number of hydrogen-bond donors (Lipinski definition) is 3. The van der Waals surface area contributed by atoms with Crippen LogP contribution in [0.2, 0.25) is 5.02 Å². The molecule has 2 aromatic rings. The zero-order valence-electron chi connectivity index (χ0n) is 16.3. The number of ether oxygens (including phenoxy) is 2. The zero-order chi connectivity index (χ0) is 24.1. The number of nitrogen functional groups attached to an aromatic ring is 1. The van der Waals surface area contributed by atoms with Gasteiger partial charge in [0, 0.05) is 6.07 Å². The van der Waals surface area contributed by atoms with Crippen molar-refractivity contribution in [2.24, 2.45) is 0 Å². The molecule has 2 aromatic carbocycles. The molecule has 14 heteroatoms. The first-order valence-electron chi connectivity index (χ1n) is 8.59. The van der Waals surface area contributed by atoms with E-state index >= 15 is 0 Å². The average molecular weight is 496 g/mol. The number of carbonyl (C=O) groups excluding carboxylic acids is 2. The monoisotopic (exact) mass is 495 g/mol. The van der Waals surface area contributed by atoms with Crippen LogP contribution in [0.15, 0.2) is 41.3 Å². The number of nitrogens with one attached hydrogen (secondary N) is 2. The molecule has 9 nitrogen and oxygen atoms in total. The molecule has 32 heavy (non-hydrogen) atoms. The first kappa shape index (κ1) is 25.2. The highest BCUT2D eigenvalue weighted by atomic mass is 35.5. The molecule has 0 saturated carbocycles. The van der Waals surface area contributed by atoms with Gasteiger partial charge in [-0.1, -0.05) is 17.7 Å². The molecule has 0 aromatic heterocycles. The summed E-state index contributed by atoms with van der Waals surface area (Å²) in [6.45, 7) is -0.464. The molecule has 0 spiro atoms. The van der Waals surface area contributed by atoms with Crippen LogP contribution in [0.1, 0.15) is 10.4 Å². The number of rotatable bonds is 8. The molecule has 0 fully saturated rings. The third kappa shape index (κ3) is 6.73. The topological polar surface area (TPSA) is 137 Å². The van der Waals surface area contributed by atoms with Crippen LogP contribution in [-0.2, 0) is 19.4 Å². The Morgan fingerprint density at radius 3 is 2.47 bits per heavy atom. The summed E-state index contributed by atoms with van der Waals surface area (Å²) in [5.41, 5.74) is 5.94. The molecule has 0 aliphatic carbocycles. The van der Waals surface area contributed by atoms with Gasteiger partial charge < -0.3 is 20.5 Å². The molecule has 0 bridgehead atoms. The molecule has 2 rings (SSSR count). The molecule has 4 N–H and O–H groups in total. The second-order valence-electron chi connectivity index (χ2n) is 6.13. The van der Waals surface area contributed by atoms with Gasteiger partial charge in [-0.3, -0.25) is 10.1 Å². The van der Waals surface area contributed by atoms with Crippen molar-refractivity contribution in [2.75, 3.05) is 30.6 Å². The minimum atomic E-state index is -4.96. The molecule has 0 atom stereocenters. The highest BCUT2D eigenvalue weighted by molar-refractivity contribution is 7.91.